The maximum atomic E-state index is 13.2. The first-order chi connectivity index (χ1) is 10.9. The molecule has 1 aliphatic heterocycles. The standard InChI is InChI=1S/C16H23F2N3O2/c1-21-10-12(9-19-21)14-13(3-2-8-23-14)20-15(22)11-4-6-16(17,18)7-5-11/h9-11,13-14H,2-8H2,1H3,(H,20,22)/t13-,14+/m0/s1. The number of aromatic nitrogens is 2. The highest BCUT2D eigenvalue weighted by atomic mass is 19.3. The Kier molecular flexibility index (Phi) is 4.66. The van der Waals surface area contributed by atoms with Crippen LogP contribution >= 0.6 is 0 Å². The van der Waals surface area contributed by atoms with Gasteiger partial charge in [0.2, 0.25) is 11.8 Å². The first kappa shape index (κ1) is 16.4. The van der Waals surface area contributed by atoms with Crippen molar-refractivity contribution in [3.63, 3.8) is 0 Å². The second-order valence-electron chi connectivity index (χ2n) is 6.63. The van der Waals surface area contributed by atoms with Crippen molar-refractivity contribution in [2.24, 2.45) is 13.0 Å². The summed E-state index contributed by atoms with van der Waals surface area (Å²) in [6.45, 7) is 0.654. The third-order valence-corrected chi connectivity index (χ3v) is 4.79. The van der Waals surface area contributed by atoms with Crippen molar-refractivity contribution in [3.05, 3.63) is 18.0 Å². The average molecular weight is 327 g/mol. The van der Waals surface area contributed by atoms with Crippen LogP contribution in [0.15, 0.2) is 12.4 Å². The van der Waals surface area contributed by atoms with E-state index in [9.17, 15) is 13.6 Å². The van der Waals surface area contributed by atoms with Crippen molar-refractivity contribution < 1.29 is 18.3 Å². The van der Waals surface area contributed by atoms with Crippen LogP contribution in [0.2, 0.25) is 0 Å². The van der Waals surface area contributed by atoms with Gasteiger partial charge in [0, 0.05) is 44.2 Å². The lowest BCUT2D eigenvalue weighted by Gasteiger charge is -2.34. The topological polar surface area (TPSA) is 56.1 Å². The molecule has 1 N–H and O–H groups in total. The van der Waals surface area contributed by atoms with E-state index in [2.05, 4.69) is 10.4 Å². The van der Waals surface area contributed by atoms with Crippen molar-refractivity contribution in [3.8, 4) is 0 Å². The highest BCUT2D eigenvalue weighted by Crippen LogP contribution is 2.36. The van der Waals surface area contributed by atoms with Gasteiger partial charge in [-0.1, -0.05) is 0 Å². The molecule has 0 aromatic carbocycles. The Hall–Kier alpha value is -1.50. The SMILES string of the molecule is Cn1cc([C@H]2OCCC[C@@H]2NC(=O)C2CCC(F)(F)CC2)cn1. The Labute approximate surface area is 134 Å². The van der Waals surface area contributed by atoms with Crippen LogP contribution in [0, 0.1) is 5.92 Å². The van der Waals surface area contributed by atoms with E-state index in [1.54, 1.807) is 10.9 Å². The van der Waals surface area contributed by atoms with Crippen LogP contribution in [-0.2, 0) is 16.6 Å². The number of ether oxygens (including phenoxy) is 1. The predicted octanol–water partition coefficient (Wildman–Crippen LogP) is 2.58. The van der Waals surface area contributed by atoms with Gasteiger partial charge in [-0.2, -0.15) is 5.10 Å². The largest absolute Gasteiger partial charge is 0.371 e. The van der Waals surface area contributed by atoms with Gasteiger partial charge in [0.15, 0.2) is 0 Å². The smallest absolute Gasteiger partial charge is 0.248 e. The third kappa shape index (κ3) is 3.88. The molecule has 5 nitrogen and oxygen atoms in total. The van der Waals surface area contributed by atoms with Gasteiger partial charge in [0.25, 0.3) is 0 Å². The van der Waals surface area contributed by atoms with E-state index in [1.807, 2.05) is 13.2 Å². The summed E-state index contributed by atoms with van der Waals surface area (Å²) in [5.41, 5.74) is 0.938. The van der Waals surface area contributed by atoms with Crippen LogP contribution in [0.1, 0.15) is 50.2 Å². The minimum atomic E-state index is -2.61. The summed E-state index contributed by atoms with van der Waals surface area (Å²) < 4.78 is 34.0. The van der Waals surface area contributed by atoms with Crippen LogP contribution < -0.4 is 5.32 Å². The number of halogens is 2. The Morgan fingerprint density at radius 2 is 2.13 bits per heavy atom. The number of carbonyl (C=O) groups is 1. The number of hydrogen-bond acceptors (Lipinski definition) is 3. The molecule has 0 bridgehead atoms. The molecule has 2 fully saturated rings. The van der Waals surface area contributed by atoms with Gasteiger partial charge in [0.1, 0.15) is 6.10 Å². The van der Waals surface area contributed by atoms with Gasteiger partial charge < -0.3 is 10.1 Å². The quantitative estimate of drug-likeness (QED) is 0.928. The highest BCUT2D eigenvalue weighted by Gasteiger charge is 2.38. The number of alkyl halides is 2. The van der Waals surface area contributed by atoms with E-state index >= 15 is 0 Å². The Balaban J connectivity index is 1.62. The van der Waals surface area contributed by atoms with Crippen molar-refractivity contribution in [2.45, 2.75) is 56.6 Å². The minimum Gasteiger partial charge on any atom is -0.371 e. The number of nitrogens with zero attached hydrogens (tertiary/aromatic N) is 2. The molecule has 2 atom stereocenters. The Morgan fingerprint density at radius 1 is 1.39 bits per heavy atom. The summed E-state index contributed by atoms with van der Waals surface area (Å²) in [5, 5.41) is 7.18. The van der Waals surface area contributed by atoms with Crippen LogP contribution in [0.4, 0.5) is 8.78 Å². The number of rotatable bonds is 3. The fraction of sp³-hybridized carbons (Fsp3) is 0.750. The van der Waals surface area contributed by atoms with Gasteiger partial charge >= 0.3 is 0 Å². The maximum absolute atomic E-state index is 13.2. The average Bonchev–Trinajstić information content (AvgIpc) is 2.94. The summed E-state index contributed by atoms with van der Waals surface area (Å²) in [6.07, 6.45) is 5.24. The molecule has 3 rings (SSSR count). The second-order valence-corrected chi connectivity index (χ2v) is 6.63. The zero-order valence-corrected chi connectivity index (χ0v) is 13.3. The number of carbonyl (C=O) groups excluding carboxylic acids is 1. The zero-order chi connectivity index (χ0) is 16.4. The zero-order valence-electron chi connectivity index (χ0n) is 13.3. The van der Waals surface area contributed by atoms with Crippen LogP contribution in [0.3, 0.4) is 0 Å². The molecule has 23 heavy (non-hydrogen) atoms. The van der Waals surface area contributed by atoms with Gasteiger partial charge in [0.05, 0.1) is 12.2 Å². The second kappa shape index (κ2) is 6.55. The molecule has 7 heteroatoms. The summed E-state index contributed by atoms with van der Waals surface area (Å²) in [6, 6.07) is -0.122. The molecule has 1 aromatic heterocycles. The lowest BCUT2D eigenvalue weighted by Crippen LogP contribution is -2.46. The fourth-order valence-electron chi connectivity index (χ4n) is 3.45. The summed E-state index contributed by atoms with van der Waals surface area (Å²) >= 11 is 0. The van der Waals surface area contributed by atoms with E-state index in [1.165, 1.54) is 0 Å². The Morgan fingerprint density at radius 3 is 2.78 bits per heavy atom. The Bertz CT molecular complexity index is 551. The van der Waals surface area contributed by atoms with E-state index in [-0.39, 0.29) is 49.7 Å². The van der Waals surface area contributed by atoms with E-state index in [0.29, 0.717) is 6.61 Å². The molecule has 1 amide bonds. The minimum absolute atomic E-state index is 0.120. The van der Waals surface area contributed by atoms with Gasteiger partial charge in [-0.15, -0.1) is 0 Å². The fourth-order valence-corrected chi connectivity index (χ4v) is 3.45. The molecular formula is C16H23F2N3O2. The molecular weight excluding hydrogens is 304 g/mol. The summed E-state index contributed by atoms with van der Waals surface area (Å²) in [4.78, 5) is 12.4. The van der Waals surface area contributed by atoms with Crippen molar-refractivity contribution >= 4 is 5.91 Å². The molecule has 1 saturated carbocycles. The molecule has 128 valence electrons. The van der Waals surface area contributed by atoms with E-state index < -0.39 is 5.92 Å². The predicted molar refractivity (Wildman–Crippen MR) is 80.0 cm³/mol. The lowest BCUT2D eigenvalue weighted by molar-refractivity contribution is -0.132. The normalized spacial score (nSPS) is 28.5. The number of nitrogens with one attached hydrogen (secondary N) is 1. The number of aryl methyl sites for hydroxylation is 1. The highest BCUT2D eigenvalue weighted by molar-refractivity contribution is 5.79. The van der Waals surface area contributed by atoms with E-state index in [0.717, 1.165) is 18.4 Å². The summed E-state index contributed by atoms with van der Waals surface area (Å²) in [7, 11) is 1.84. The number of amides is 1. The molecule has 0 unspecified atom stereocenters. The van der Waals surface area contributed by atoms with Crippen LogP contribution in [0.25, 0.3) is 0 Å². The first-order valence-corrected chi connectivity index (χ1v) is 8.23. The maximum Gasteiger partial charge on any atom is 0.248 e. The third-order valence-electron chi connectivity index (χ3n) is 4.79. The van der Waals surface area contributed by atoms with Gasteiger partial charge in [-0.05, 0) is 25.7 Å². The molecule has 0 radical (unpaired) electrons. The van der Waals surface area contributed by atoms with E-state index in [4.69, 9.17) is 4.74 Å². The molecule has 2 aliphatic rings. The molecule has 1 saturated heterocycles. The van der Waals surface area contributed by atoms with Crippen LogP contribution in [0.5, 0.6) is 0 Å². The van der Waals surface area contributed by atoms with Crippen molar-refractivity contribution in [1.29, 1.82) is 0 Å². The van der Waals surface area contributed by atoms with Crippen molar-refractivity contribution in [1.82, 2.24) is 15.1 Å². The number of hydrogen-bond donors (Lipinski definition) is 1. The lowest BCUT2D eigenvalue weighted by atomic mass is 9.85. The molecule has 2 heterocycles. The van der Waals surface area contributed by atoms with Crippen LogP contribution in [-0.4, -0.2) is 34.3 Å². The van der Waals surface area contributed by atoms with Crippen molar-refractivity contribution in [2.75, 3.05) is 6.61 Å². The van der Waals surface area contributed by atoms with Gasteiger partial charge in [-0.3, -0.25) is 9.48 Å². The molecule has 1 aliphatic carbocycles. The molecule has 1 aromatic rings. The monoisotopic (exact) mass is 327 g/mol. The first-order valence-electron chi connectivity index (χ1n) is 8.23. The molecule has 0 spiro atoms. The van der Waals surface area contributed by atoms with Gasteiger partial charge in [-0.25, -0.2) is 8.78 Å². The summed E-state index contributed by atoms with van der Waals surface area (Å²) in [5.74, 6) is -3.04.